The Morgan fingerprint density at radius 1 is 1.20 bits per heavy atom. The van der Waals surface area contributed by atoms with Gasteiger partial charge in [0.1, 0.15) is 34.9 Å². The molecule has 8 nitrogen and oxygen atoms in total. The van der Waals surface area contributed by atoms with E-state index in [1.807, 2.05) is 37.9 Å². The number of H-pyrrole nitrogens is 1. The number of aromatic nitrogens is 2. The molecule has 30 heavy (non-hydrogen) atoms. The van der Waals surface area contributed by atoms with Gasteiger partial charge in [-0.2, -0.15) is 4.98 Å². The van der Waals surface area contributed by atoms with Crippen LogP contribution in [0.2, 0.25) is 0 Å². The van der Waals surface area contributed by atoms with Crippen LogP contribution in [0.1, 0.15) is 40.0 Å². The molecule has 3 rings (SSSR count). The van der Waals surface area contributed by atoms with E-state index >= 15 is 0 Å². The van der Waals surface area contributed by atoms with Crippen LogP contribution in [0.4, 0.5) is 0 Å². The van der Waals surface area contributed by atoms with Gasteiger partial charge in [0.25, 0.3) is 5.56 Å². The van der Waals surface area contributed by atoms with E-state index in [2.05, 4.69) is 16.0 Å². The number of benzene rings is 1. The summed E-state index contributed by atoms with van der Waals surface area (Å²) in [5.74, 6) is 1.01. The molecule has 2 aromatic heterocycles. The summed E-state index contributed by atoms with van der Waals surface area (Å²) in [6, 6.07) is 6.10. The monoisotopic (exact) mass is 413 g/mol. The van der Waals surface area contributed by atoms with E-state index in [9.17, 15) is 9.59 Å². The number of nitrogens with zero attached hydrogens (tertiary/aromatic N) is 2. The lowest BCUT2D eigenvalue weighted by Gasteiger charge is -2.16. The molecule has 0 radical (unpaired) electrons. The van der Waals surface area contributed by atoms with Crippen LogP contribution >= 0.6 is 0 Å². The fraction of sp³-hybridized carbons (Fsp3) is 0.409. The molecule has 0 atom stereocenters. The second-order valence-corrected chi connectivity index (χ2v) is 7.36. The third kappa shape index (κ3) is 4.88. The Kier molecular flexibility index (Phi) is 6.56. The molecule has 160 valence electrons. The van der Waals surface area contributed by atoms with Crippen molar-refractivity contribution in [2.45, 2.75) is 34.2 Å². The van der Waals surface area contributed by atoms with Crippen LogP contribution in [0.15, 0.2) is 27.4 Å². The summed E-state index contributed by atoms with van der Waals surface area (Å²) < 4.78 is 16.4. The molecule has 0 saturated heterocycles. The average Bonchev–Trinajstić information content (AvgIpc) is 2.97. The number of hydrogen-bond acceptors (Lipinski definition) is 7. The van der Waals surface area contributed by atoms with Gasteiger partial charge in [0, 0.05) is 6.54 Å². The minimum absolute atomic E-state index is 0.121. The number of esters is 1. The standard InChI is InChI=1S/C22H27N3O5/c1-6-28-22(27)18-15(4)30-21-19(18)20(26)23-17(24-21)12-25(5)7-8-29-16-10-13(2)9-14(3)11-16/h9-11H,6-8,12H2,1-5H3,(H,23,24,26). The first-order valence-electron chi connectivity index (χ1n) is 9.87. The van der Waals surface area contributed by atoms with Crippen molar-refractivity contribution in [2.75, 3.05) is 26.8 Å². The molecule has 0 bridgehead atoms. The molecule has 0 fully saturated rings. The summed E-state index contributed by atoms with van der Waals surface area (Å²) in [7, 11) is 1.91. The smallest absolute Gasteiger partial charge is 0.342 e. The van der Waals surface area contributed by atoms with Crippen LogP contribution in [-0.4, -0.2) is 47.6 Å². The van der Waals surface area contributed by atoms with E-state index < -0.39 is 11.5 Å². The Bertz CT molecular complexity index is 1100. The van der Waals surface area contributed by atoms with Gasteiger partial charge in [0.2, 0.25) is 5.71 Å². The fourth-order valence-electron chi connectivity index (χ4n) is 3.36. The highest BCUT2D eigenvalue weighted by molar-refractivity contribution is 6.03. The average molecular weight is 413 g/mol. The molecule has 0 aliphatic rings. The lowest BCUT2D eigenvalue weighted by Crippen LogP contribution is -2.26. The molecule has 3 aromatic rings. The fourth-order valence-corrected chi connectivity index (χ4v) is 3.36. The highest BCUT2D eigenvalue weighted by Crippen LogP contribution is 2.22. The second-order valence-electron chi connectivity index (χ2n) is 7.36. The van der Waals surface area contributed by atoms with Gasteiger partial charge in [0.05, 0.1) is 13.2 Å². The number of nitrogens with one attached hydrogen (secondary N) is 1. The predicted octanol–water partition coefficient (Wildman–Crippen LogP) is 3.13. The summed E-state index contributed by atoms with van der Waals surface area (Å²) in [5, 5.41) is 0.121. The zero-order chi connectivity index (χ0) is 21.8. The van der Waals surface area contributed by atoms with Crippen LogP contribution in [-0.2, 0) is 11.3 Å². The van der Waals surface area contributed by atoms with Gasteiger partial charge in [0.15, 0.2) is 0 Å². The lowest BCUT2D eigenvalue weighted by atomic mass is 10.1. The third-order valence-corrected chi connectivity index (χ3v) is 4.62. The predicted molar refractivity (Wildman–Crippen MR) is 113 cm³/mol. The van der Waals surface area contributed by atoms with Crippen molar-refractivity contribution in [1.82, 2.24) is 14.9 Å². The first-order valence-corrected chi connectivity index (χ1v) is 9.87. The Morgan fingerprint density at radius 3 is 2.57 bits per heavy atom. The number of aromatic amines is 1. The van der Waals surface area contributed by atoms with Gasteiger partial charge in [-0.1, -0.05) is 6.07 Å². The zero-order valence-corrected chi connectivity index (χ0v) is 18.0. The van der Waals surface area contributed by atoms with E-state index in [-0.39, 0.29) is 23.3 Å². The number of furan rings is 1. The topological polar surface area (TPSA) is 97.7 Å². The Labute approximate surface area is 174 Å². The van der Waals surface area contributed by atoms with Crippen LogP contribution < -0.4 is 10.3 Å². The van der Waals surface area contributed by atoms with Gasteiger partial charge in [-0.25, -0.2) is 4.79 Å². The minimum atomic E-state index is -0.588. The summed E-state index contributed by atoms with van der Waals surface area (Å²) in [5.41, 5.74) is 2.15. The van der Waals surface area contributed by atoms with E-state index in [0.717, 1.165) is 16.9 Å². The van der Waals surface area contributed by atoms with Crippen molar-refractivity contribution in [3.63, 3.8) is 0 Å². The molecule has 0 aliphatic heterocycles. The number of fused-ring (bicyclic) bond motifs is 1. The molecule has 1 aromatic carbocycles. The molecule has 0 unspecified atom stereocenters. The molecule has 8 heteroatoms. The van der Waals surface area contributed by atoms with Gasteiger partial charge in [-0.15, -0.1) is 0 Å². The molecule has 0 amide bonds. The molecule has 1 N–H and O–H groups in total. The van der Waals surface area contributed by atoms with Crippen LogP contribution in [0.25, 0.3) is 11.1 Å². The van der Waals surface area contributed by atoms with Crippen molar-refractivity contribution < 1.29 is 18.7 Å². The van der Waals surface area contributed by atoms with Gasteiger partial charge >= 0.3 is 5.97 Å². The Hall–Kier alpha value is -3.13. The number of likely N-dealkylation sites (N-methyl/N-ethyl adjacent to an activating group) is 1. The van der Waals surface area contributed by atoms with Crippen LogP contribution in [0.3, 0.4) is 0 Å². The molecule has 0 aliphatic carbocycles. The van der Waals surface area contributed by atoms with Crippen molar-refractivity contribution in [3.05, 3.63) is 56.8 Å². The minimum Gasteiger partial charge on any atom is -0.492 e. The number of carbonyl (C=O) groups is 1. The lowest BCUT2D eigenvalue weighted by molar-refractivity contribution is 0.0526. The molecular formula is C22H27N3O5. The van der Waals surface area contributed by atoms with Crippen molar-refractivity contribution in [3.8, 4) is 5.75 Å². The van der Waals surface area contributed by atoms with E-state index in [1.54, 1.807) is 13.8 Å². The van der Waals surface area contributed by atoms with Gasteiger partial charge < -0.3 is 18.9 Å². The molecule has 0 spiro atoms. The summed E-state index contributed by atoms with van der Waals surface area (Å²) in [6.07, 6.45) is 0. The maximum atomic E-state index is 12.6. The SMILES string of the molecule is CCOC(=O)c1c(C)oc2nc(CN(C)CCOc3cc(C)cc(C)c3)[nH]c(=O)c12. The van der Waals surface area contributed by atoms with Crippen molar-refractivity contribution >= 4 is 17.1 Å². The summed E-state index contributed by atoms with van der Waals surface area (Å²) in [6.45, 7) is 9.14. The van der Waals surface area contributed by atoms with E-state index in [0.29, 0.717) is 31.3 Å². The maximum Gasteiger partial charge on any atom is 0.342 e. The maximum absolute atomic E-state index is 12.6. The number of hydrogen-bond donors (Lipinski definition) is 1. The first-order chi connectivity index (χ1) is 14.3. The van der Waals surface area contributed by atoms with Crippen molar-refractivity contribution in [2.24, 2.45) is 0 Å². The number of carbonyl (C=O) groups excluding carboxylic acids is 1. The van der Waals surface area contributed by atoms with Gasteiger partial charge in [-0.05, 0) is 58.0 Å². The number of ether oxygens (including phenoxy) is 2. The number of aryl methyl sites for hydroxylation is 3. The third-order valence-electron chi connectivity index (χ3n) is 4.62. The number of rotatable bonds is 8. The van der Waals surface area contributed by atoms with E-state index in [1.165, 1.54) is 0 Å². The van der Waals surface area contributed by atoms with Crippen LogP contribution in [0.5, 0.6) is 5.75 Å². The summed E-state index contributed by atoms with van der Waals surface area (Å²) >= 11 is 0. The Morgan fingerprint density at radius 2 is 1.90 bits per heavy atom. The van der Waals surface area contributed by atoms with E-state index in [4.69, 9.17) is 13.9 Å². The molecular weight excluding hydrogens is 386 g/mol. The quantitative estimate of drug-likeness (QED) is 0.567. The largest absolute Gasteiger partial charge is 0.492 e. The van der Waals surface area contributed by atoms with Crippen LogP contribution in [0, 0.1) is 20.8 Å². The normalized spacial score (nSPS) is 11.3. The van der Waals surface area contributed by atoms with Gasteiger partial charge in [-0.3, -0.25) is 9.69 Å². The first kappa shape index (κ1) is 21.6. The summed E-state index contributed by atoms with van der Waals surface area (Å²) in [4.78, 5) is 33.8. The van der Waals surface area contributed by atoms with Crippen molar-refractivity contribution in [1.29, 1.82) is 0 Å². The second kappa shape index (κ2) is 9.13. The molecule has 0 saturated carbocycles. The molecule has 2 heterocycles. The Balaban J connectivity index is 1.68. The highest BCUT2D eigenvalue weighted by atomic mass is 16.5. The highest BCUT2D eigenvalue weighted by Gasteiger charge is 2.23. The zero-order valence-electron chi connectivity index (χ0n) is 18.0.